The number of rotatable bonds is 12. The minimum absolute atomic E-state index is 0.166. The smallest absolute Gasteiger partial charge is 0.323 e. The van der Waals surface area contributed by atoms with Gasteiger partial charge in [0.2, 0.25) is 0 Å². The molecule has 3 aromatic carbocycles. The minimum atomic E-state index is -0.494. The number of amides is 2. The summed E-state index contributed by atoms with van der Waals surface area (Å²) in [5.41, 5.74) is 5.56. The second-order valence-electron chi connectivity index (χ2n) is 12.6. The fraction of sp³-hybridized carbons (Fsp3) is 0.256. The van der Waals surface area contributed by atoms with Crippen molar-refractivity contribution in [2.45, 2.75) is 59.0 Å². The second kappa shape index (κ2) is 15.0. The third-order valence-electron chi connectivity index (χ3n) is 8.52. The number of hydrogen-bond acceptors (Lipinski definition) is 6. The van der Waals surface area contributed by atoms with Crippen molar-refractivity contribution >= 4 is 28.4 Å². The number of anilines is 2. The molecular formula is C39H41N7O3. The number of pyridine rings is 2. The van der Waals surface area contributed by atoms with Gasteiger partial charge in [-0.15, -0.1) is 0 Å². The summed E-state index contributed by atoms with van der Waals surface area (Å²) in [6.07, 6.45) is 5.42. The quantitative estimate of drug-likeness (QED) is 0.139. The average Bonchev–Trinajstić information content (AvgIpc) is 3.62. The Morgan fingerprint density at radius 1 is 0.837 bits per heavy atom. The van der Waals surface area contributed by atoms with E-state index >= 15 is 0 Å². The Morgan fingerprint density at radius 3 is 2.29 bits per heavy atom. The Kier molecular flexibility index (Phi) is 10.1. The molecule has 10 nitrogen and oxygen atoms in total. The van der Waals surface area contributed by atoms with Gasteiger partial charge in [0, 0.05) is 29.4 Å². The van der Waals surface area contributed by atoms with E-state index in [-0.39, 0.29) is 23.1 Å². The zero-order valence-electron chi connectivity index (χ0n) is 28.3. The van der Waals surface area contributed by atoms with Crippen LogP contribution in [-0.4, -0.2) is 37.0 Å². The van der Waals surface area contributed by atoms with Crippen molar-refractivity contribution in [3.8, 4) is 16.9 Å². The molecule has 3 heterocycles. The van der Waals surface area contributed by atoms with E-state index in [0.717, 1.165) is 27.8 Å². The summed E-state index contributed by atoms with van der Waals surface area (Å²) in [5, 5.41) is 11.0. The molecule has 0 aliphatic heterocycles. The lowest BCUT2D eigenvalue weighted by Crippen LogP contribution is -2.30. The lowest BCUT2D eigenvalue weighted by atomic mass is 9.93. The minimum Gasteiger partial charge on any atom is -0.492 e. The maximum absolute atomic E-state index is 14.6. The van der Waals surface area contributed by atoms with E-state index < -0.39 is 6.03 Å². The Labute approximate surface area is 285 Å². The van der Waals surface area contributed by atoms with Crippen LogP contribution in [0, 0.1) is 0 Å². The third kappa shape index (κ3) is 7.54. The number of benzene rings is 3. The van der Waals surface area contributed by atoms with Crippen LogP contribution in [0.15, 0.2) is 109 Å². The van der Waals surface area contributed by atoms with Crippen molar-refractivity contribution < 1.29 is 9.53 Å². The molecule has 10 heteroatoms. The average molecular weight is 656 g/mol. The van der Waals surface area contributed by atoms with E-state index in [1.54, 1.807) is 21.8 Å². The summed E-state index contributed by atoms with van der Waals surface area (Å²) in [7, 11) is 0. The van der Waals surface area contributed by atoms with Crippen LogP contribution in [0.25, 0.3) is 22.2 Å². The maximum atomic E-state index is 14.6. The van der Waals surface area contributed by atoms with Gasteiger partial charge in [-0.2, -0.15) is 5.10 Å². The molecule has 2 N–H and O–H groups in total. The highest BCUT2D eigenvalue weighted by Crippen LogP contribution is 2.36. The topological polar surface area (TPSA) is 116 Å². The number of carbonyl (C=O) groups is 1. The van der Waals surface area contributed by atoms with Crippen molar-refractivity contribution in [1.29, 1.82) is 0 Å². The van der Waals surface area contributed by atoms with E-state index in [1.165, 1.54) is 6.33 Å². The van der Waals surface area contributed by atoms with Crippen molar-refractivity contribution in [3.63, 3.8) is 0 Å². The molecule has 49 heavy (non-hydrogen) atoms. The molecule has 3 aromatic heterocycles. The Morgan fingerprint density at radius 2 is 1.57 bits per heavy atom. The highest BCUT2D eigenvalue weighted by Gasteiger charge is 2.23. The highest BCUT2D eigenvalue weighted by atomic mass is 16.5. The number of nitrogens with zero attached hydrogens (tertiary/aromatic N) is 5. The fourth-order valence-electron chi connectivity index (χ4n) is 6.09. The number of fused-ring (bicyclic) bond motifs is 1. The molecule has 6 rings (SSSR count). The van der Waals surface area contributed by atoms with Crippen molar-refractivity contribution in [2.75, 3.05) is 17.2 Å². The SMILES string of the molecule is CC(C)c1cccc(C(C)C)c1NC(=O)Nc1c(-c2cccc(OCCn3cncn3)c2)c2cccnc2n(CCc2ccccc2)c1=O. The molecule has 0 spiro atoms. The first-order chi connectivity index (χ1) is 23.8. The van der Waals surface area contributed by atoms with Crippen LogP contribution in [0.4, 0.5) is 16.2 Å². The summed E-state index contributed by atoms with van der Waals surface area (Å²) < 4.78 is 9.43. The Hall–Kier alpha value is -5.77. The molecule has 0 fully saturated rings. The van der Waals surface area contributed by atoms with Gasteiger partial charge in [-0.3, -0.25) is 9.36 Å². The number of aryl methyl sites for hydroxylation is 2. The lowest BCUT2D eigenvalue weighted by Gasteiger charge is -2.22. The first-order valence-electron chi connectivity index (χ1n) is 16.6. The molecule has 2 amide bonds. The molecule has 0 bridgehead atoms. The van der Waals surface area contributed by atoms with E-state index in [1.807, 2.05) is 84.9 Å². The zero-order chi connectivity index (χ0) is 34.3. The van der Waals surface area contributed by atoms with Gasteiger partial charge < -0.3 is 15.4 Å². The monoisotopic (exact) mass is 655 g/mol. The lowest BCUT2D eigenvalue weighted by molar-refractivity contribution is 0.262. The van der Waals surface area contributed by atoms with Gasteiger partial charge >= 0.3 is 6.03 Å². The van der Waals surface area contributed by atoms with Gasteiger partial charge in [-0.1, -0.05) is 88.4 Å². The number of para-hydroxylation sites is 1. The van der Waals surface area contributed by atoms with Gasteiger partial charge in [0.25, 0.3) is 5.56 Å². The number of carbonyl (C=O) groups excluding carboxylic acids is 1. The van der Waals surface area contributed by atoms with Gasteiger partial charge in [0.15, 0.2) is 0 Å². The molecule has 0 saturated carbocycles. The van der Waals surface area contributed by atoms with Crippen LogP contribution in [-0.2, 0) is 19.5 Å². The predicted octanol–water partition coefficient (Wildman–Crippen LogP) is 7.87. The third-order valence-corrected chi connectivity index (χ3v) is 8.52. The number of hydrogen-bond donors (Lipinski definition) is 2. The van der Waals surface area contributed by atoms with Crippen LogP contribution in [0.1, 0.15) is 56.2 Å². The summed E-state index contributed by atoms with van der Waals surface area (Å²) in [5.74, 6) is 0.975. The zero-order valence-corrected chi connectivity index (χ0v) is 28.3. The molecule has 0 aliphatic rings. The predicted molar refractivity (Wildman–Crippen MR) is 194 cm³/mol. The first-order valence-corrected chi connectivity index (χ1v) is 16.6. The van der Waals surface area contributed by atoms with Crippen LogP contribution >= 0.6 is 0 Å². The van der Waals surface area contributed by atoms with E-state index in [4.69, 9.17) is 4.74 Å². The van der Waals surface area contributed by atoms with Crippen LogP contribution in [0.2, 0.25) is 0 Å². The van der Waals surface area contributed by atoms with Gasteiger partial charge in [0.05, 0.1) is 6.54 Å². The highest BCUT2D eigenvalue weighted by molar-refractivity contribution is 6.07. The number of nitrogens with one attached hydrogen (secondary N) is 2. The van der Waals surface area contributed by atoms with Crippen LogP contribution in [0.5, 0.6) is 5.75 Å². The van der Waals surface area contributed by atoms with E-state index in [0.29, 0.717) is 48.6 Å². The fourth-order valence-corrected chi connectivity index (χ4v) is 6.09. The molecule has 0 atom stereocenters. The van der Waals surface area contributed by atoms with Crippen LogP contribution in [0.3, 0.4) is 0 Å². The number of ether oxygens (including phenoxy) is 1. The number of aromatic nitrogens is 5. The second-order valence-corrected chi connectivity index (χ2v) is 12.6. The molecule has 250 valence electrons. The normalized spacial score (nSPS) is 11.3. The molecule has 0 radical (unpaired) electrons. The van der Waals surface area contributed by atoms with Gasteiger partial charge in [-0.25, -0.2) is 19.4 Å². The van der Waals surface area contributed by atoms with Crippen molar-refractivity contribution in [1.82, 2.24) is 24.3 Å². The molecule has 0 saturated heterocycles. The first kappa shape index (κ1) is 33.1. The van der Waals surface area contributed by atoms with E-state index in [9.17, 15) is 9.59 Å². The summed E-state index contributed by atoms with van der Waals surface area (Å²) >= 11 is 0. The summed E-state index contributed by atoms with van der Waals surface area (Å²) in [4.78, 5) is 37.2. The summed E-state index contributed by atoms with van der Waals surface area (Å²) in [6.45, 7) is 9.68. The summed E-state index contributed by atoms with van der Waals surface area (Å²) in [6, 6.07) is 26.9. The Bertz CT molecular complexity index is 2080. The number of urea groups is 1. The standard InChI is InChI=1S/C39H41N7O3/c1-26(2)31-15-9-16-32(27(3)4)35(31)43-39(48)44-36-34(29-13-8-14-30(23-29)49-22-21-45-25-40-24-42-45)33-17-10-19-41-37(33)46(38(36)47)20-18-28-11-6-5-7-12-28/h5-17,19,23-27H,18,20-22H2,1-4H3,(H2,43,44,48). The largest absolute Gasteiger partial charge is 0.492 e. The van der Waals surface area contributed by atoms with Gasteiger partial charge in [-0.05, 0) is 64.8 Å². The Balaban J connectivity index is 1.43. The van der Waals surface area contributed by atoms with E-state index in [2.05, 4.69) is 53.4 Å². The van der Waals surface area contributed by atoms with Gasteiger partial charge in [0.1, 0.15) is 36.3 Å². The van der Waals surface area contributed by atoms with Crippen molar-refractivity contribution in [2.24, 2.45) is 0 Å². The molecular weight excluding hydrogens is 614 g/mol. The molecule has 0 aliphatic carbocycles. The maximum Gasteiger partial charge on any atom is 0.323 e. The van der Waals surface area contributed by atoms with Crippen molar-refractivity contribution in [3.05, 3.63) is 131 Å². The van der Waals surface area contributed by atoms with Crippen LogP contribution < -0.4 is 20.9 Å². The molecule has 6 aromatic rings. The molecule has 0 unspecified atom stereocenters.